The van der Waals surface area contributed by atoms with Crippen LogP contribution in [0, 0.1) is 11.3 Å². The molecule has 25 heavy (non-hydrogen) atoms. The van der Waals surface area contributed by atoms with Crippen LogP contribution in [0.1, 0.15) is 24.8 Å². The highest BCUT2D eigenvalue weighted by Crippen LogP contribution is 2.13. The summed E-state index contributed by atoms with van der Waals surface area (Å²) in [4.78, 5) is 4.18. The van der Waals surface area contributed by atoms with E-state index in [0.717, 1.165) is 36.6 Å². The highest BCUT2D eigenvalue weighted by molar-refractivity contribution is 14.0. The third-order valence-corrected chi connectivity index (χ3v) is 3.67. The molecule has 1 aromatic heterocycles. The Hall–Kier alpha value is -1.79. The number of nitrogens with one attached hydrogen (secondary N) is 2. The van der Waals surface area contributed by atoms with Gasteiger partial charge >= 0.3 is 0 Å². The molecule has 0 atom stereocenters. The molecule has 0 saturated heterocycles. The molecular formula is C17H22ClIN6. The molecule has 0 amide bonds. The minimum Gasteiger partial charge on any atom is -0.356 e. The van der Waals surface area contributed by atoms with Crippen LogP contribution in [0.4, 0.5) is 0 Å². The van der Waals surface area contributed by atoms with E-state index in [1.807, 2.05) is 41.3 Å². The van der Waals surface area contributed by atoms with Gasteiger partial charge < -0.3 is 10.6 Å². The predicted octanol–water partition coefficient (Wildman–Crippen LogP) is 3.50. The zero-order valence-electron chi connectivity index (χ0n) is 14.1. The van der Waals surface area contributed by atoms with Gasteiger partial charge in [-0.3, -0.25) is 4.99 Å². The maximum Gasteiger partial charge on any atom is 0.191 e. The second kappa shape index (κ2) is 11.7. The topological polar surface area (TPSA) is 78.0 Å². The van der Waals surface area contributed by atoms with Crippen molar-refractivity contribution in [3.63, 3.8) is 0 Å². The number of nitriles is 1. The van der Waals surface area contributed by atoms with Gasteiger partial charge in [-0.1, -0.05) is 11.6 Å². The minimum atomic E-state index is 0. The van der Waals surface area contributed by atoms with Gasteiger partial charge in [-0.2, -0.15) is 10.4 Å². The average Bonchev–Trinajstić information content (AvgIpc) is 3.07. The second-order valence-electron chi connectivity index (χ2n) is 5.24. The van der Waals surface area contributed by atoms with E-state index in [-0.39, 0.29) is 24.0 Å². The summed E-state index contributed by atoms with van der Waals surface area (Å²) in [5.41, 5.74) is 2.02. The maximum atomic E-state index is 8.51. The van der Waals surface area contributed by atoms with Crippen LogP contribution in [-0.4, -0.2) is 29.3 Å². The Bertz CT molecular complexity index is 705. The molecule has 2 rings (SSSR count). The van der Waals surface area contributed by atoms with Crippen molar-refractivity contribution in [2.24, 2.45) is 4.99 Å². The molecule has 0 unspecified atom stereocenters. The maximum absolute atomic E-state index is 8.51. The molecule has 0 radical (unpaired) electrons. The first kappa shape index (κ1) is 21.3. The number of aromatic nitrogens is 2. The van der Waals surface area contributed by atoms with E-state index in [9.17, 15) is 0 Å². The Morgan fingerprint density at radius 3 is 2.72 bits per heavy atom. The monoisotopic (exact) mass is 472 g/mol. The van der Waals surface area contributed by atoms with Gasteiger partial charge in [0.15, 0.2) is 5.96 Å². The van der Waals surface area contributed by atoms with E-state index in [1.165, 1.54) is 0 Å². The van der Waals surface area contributed by atoms with E-state index in [1.54, 1.807) is 7.05 Å². The number of nitrogens with zero attached hydrogens (tertiary/aromatic N) is 4. The van der Waals surface area contributed by atoms with Crippen molar-refractivity contribution >= 4 is 41.5 Å². The smallest absolute Gasteiger partial charge is 0.191 e. The average molecular weight is 473 g/mol. The van der Waals surface area contributed by atoms with Crippen LogP contribution in [-0.2, 0) is 6.54 Å². The van der Waals surface area contributed by atoms with Crippen molar-refractivity contribution in [3.8, 4) is 11.8 Å². The number of aliphatic imine (C=N–C) groups is 1. The lowest BCUT2D eigenvalue weighted by Crippen LogP contribution is -2.37. The number of hydrogen-bond acceptors (Lipinski definition) is 3. The predicted molar refractivity (Wildman–Crippen MR) is 112 cm³/mol. The lowest BCUT2D eigenvalue weighted by Gasteiger charge is -2.10. The number of benzene rings is 1. The summed E-state index contributed by atoms with van der Waals surface area (Å²) >= 11 is 5.90. The Kier molecular flexibility index (Phi) is 9.96. The third kappa shape index (κ3) is 7.32. The molecule has 2 aromatic rings. The van der Waals surface area contributed by atoms with E-state index >= 15 is 0 Å². The zero-order chi connectivity index (χ0) is 17.2. The fourth-order valence-electron chi connectivity index (χ4n) is 2.13. The fraction of sp³-hybridized carbons (Fsp3) is 0.353. The van der Waals surface area contributed by atoms with Crippen LogP contribution >= 0.6 is 35.6 Å². The largest absolute Gasteiger partial charge is 0.356 e. The number of hydrogen-bond donors (Lipinski definition) is 2. The summed E-state index contributed by atoms with van der Waals surface area (Å²) in [5.74, 6) is 0.742. The first-order valence-corrected chi connectivity index (χ1v) is 8.21. The zero-order valence-corrected chi connectivity index (χ0v) is 17.2. The van der Waals surface area contributed by atoms with Crippen LogP contribution in [0.2, 0.25) is 5.02 Å². The molecule has 0 aliphatic rings. The molecule has 1 aromatic carbocycles. The second-order valence-corrected chi connectivity index (χ2v) is 5.67. The van der Waals surface area contributed by atoms with Crippen molar-refractivity contribution in [2.75, 3.05) is 13.6 Å². The molecule has 0 bridgehead atoms. The Labute approximate surface area is 170 Å². The molecule has 0 aliphatic carbocycles. The van der Waals surface area contributed by atoms with E-state index in [0.29, 0.717) is 18.0 Å². The molecule has 0 saturated carbocycles. The molecule has 0 spiro atoms. The van der Waals surface area contributed by atoms with Crippen LogP contribution in [0.3, 0.4) is 0 Å². The van der Waals surface area contributed by atoms with Gasteiger partial charge in [0, 0.05) is 43.3 Å². The summed E-state index contributed by atoms with van der Waals surface area (Å²) in [6, 6.07) is 9.68. The van der Waals surface area contributed by atoms with E-state index < -0.39 is 0 Å². The summed E-state index contributed by atoms with van der Waals surface area (Å²) in [5, 5.41) is 20.1. The van der Waals surface area contributed by atoms with Crippen molar-refractivity contribution in [1.29, 1.82) is 5.26 Å². The molecule has 0 aliphatic heterocycles. The van der Waals surface area contributed by atoms with Gasteiger partial charge in [0.05, 0.1) is 18.0 Å². The van der Waals surface area contributed by atoms with Gasteiger partial charge in [0.25, 0.3) is 0 Å². The van der Waals surface area contributed by atoms with Crippen LogP contribution < -0.4 is 10.6 Å². The van der Waals surface area contributed by atoms with E-state index in [2.05, 4.69) is 26.8 Å². The lowest BCUT2D eigenvalue weighted by atomic mass is 10.2. The standard InChI is InChI=1S/C17H21ClN6.HI/c1-20-17(21-10-4-2-3-9-19)22-11-14-12-23-24(13-14)16-7-5-15(18)6-8-16;/h5-8,12-13H,2-4,10-11H2,1H3,(H2,20,21,22);1H. The minimum absolute atomic E-state index is 0. The van der Waals surface area contributed by atoms with Crippen molar-refractivity contribution in [1.82, 2.24) is 20.4 Å². The van der Waals surface area contributed by atoms with Crippen LogP contribution in [0.25, 0.3) is 5.69 Å². The van der Waals surface area contributed by atoms with Gasteiger partial charge in [0.1, 0.15) is 0 Å². The Morgan fingerprint density at radius 2 is 2.04 bits per heavy atom. The summed E-state index contributed by atoms with van der Waals surface area (Å²) < 4.78 is 1.81. The molecule has 134 valence electrons. The highest BCUT2D eigenvalue weighted by Gasteiger charge is 2.03. The quantitative estimate of drug-likeness (QED) is 0.280. The SMILES string of the molecule is CN=C(NCCCCC#N)NCc1cnn(-c2ccc(Cl)cc2)c1.I. The Morgan fingerprint density at radius 1 is 1.28 bits per heavy atom. The summed E-state index contributed by atoms with van der Waals surface area (Å²) in [6.07, 6.45) is 6.23. The molecular weight excluding hydrogens is 451 g/mol. The normalized spacial score (nSPS) is 10.7. The van der Waals surface area contributed by atoms with Crippen molar-refractivity contribution in [2.45, 2.75) is 25.8 Å². The third-order valence-electron chi connectivity index (χ3n) is 3.42. The van der Waals surface area contributed by atoms with Gasteiger partial charge in [-0.25, -0.2) is 4.68 Å². The van der Waals surface area contributed by atoms with Gasteiger partial charge in [-0.05, 0) is 37.1 Å². The lowest BCUT2D eigenvalue weighted by molar-refractivity contribution is 0.705. The Balaban J connectivity index is 0.00000312. The first-order valence-electron chi connectivity index (χ1n) is 7.84. The summed E-state index contributed by atoms with van der Waals surface area (Å²) in [7, 11) is 1.74. The van der Waals surface area contributed by atoms with Crippen LogP contribution in [0.15, 0.2) is 41.7 Å². The van der Waals surface area contributed by atoms with E-state index in [4.69, 9.17) is 16.9 Å². The van der Waals surface area contributed by atoms with Crippen molar-refractivity contribution < 1.29 is 0 Å². The van der Waals surface area contributed by atoms with Gasteiger partial charge in [0.2, 0.25) is 0 Å². The number of unbranched alkanes of at least 4 members (excludes halogenated alkanes) is 2. The first-order chi connectivity index (χ1) is 11.7. The molecule has 6 nitrogen and oxygen atoms in total. The highest BCUT2D eigenvalue weighted by atomic mass is 127. The summed E-state index contributed by atoms with van der Waals surface area (Å²) in [6.45, 7) is 1.43. The fourth-order valence-corrected chi connectivity index (χ4v) is 2.25. The molecule has 0 fully saturated rings. The molecule has 1 heterocycles. The van der Waals surface area contributed by atoms with Crippen molar-refractivity contribution in [3.05, 3.63) is 47.2 Å². The number of halogens is 2. The number of rotatable bonds is 7. The van der Waals surface area contributed by atoms with Gasteiger partial charge in [-0.15, -0.1) is 24.0 Å². The molecule has 8 heteroatoms. The van der Waals surface area contributed by atoms with Crippen LogP contribution in [0.5, 0.6) is 0 Å². The molecule has 2 N–H and O–H groups in total. The number of guanidine groups is 1.